The van der Waals surface area contributed by atoms with Crippen LogP contribution in [0.3, 0.4) is 0 Å². The summed E-state index contributed by atoms with van der Waals surface area (Å²) in [7, 11) is -0.837. The van der Waals surface area contributed by atoms with E-state index in [0.29, 0.717) is 11.8 Å². The van der Waals surface area contributed by atoms with Crippen molar-refractivity contribution in [2.24, 2.45) is 0 Å². The van der Waals surface area contributed by atoms with E-state index in [2.05, 4.69) is 12.2 Å². The minimum Gasteiger partial charge on any atom is -0.313 e. The Morgan fingerprint density at radius 3 is 2.89 bits per heavy atom. The van der Waals surface area contributed by atoms with Crippen LogP contribution >= 0.6 is 11.6 Å². The standard InChI is InChI=1S/C15H22ClNOS/c1-2-10-17-14-8-5-9-15(14)19(18)11-12-6-3-4-7-13(12)16/h3-4,6-7,14-15,17H,2,5,8-11H2,1H3. The molecule has 3 unspecified atom stereocenters. The molecular weight excluding hydrogens is 278 g/mol. The van der Waals surface area contributed by atoms with E-state index in [0.717, 1.165) is 36.4 Å². The first kappa shape index (κ1) is 15.0. The molecule has 3 atom stereocenters. The van der Waals surface area contributed by atoms with Gasteiger partial charge in [-0.3, -0.25) is 4.21 Å². The van der Waals surface area contributed by atoms with Gasteiger partial charge in [0, 0.05) is 21.9 Å². The average Bonchev–Trinajstić information content (AvgIpc) is 2.87. The molecule has 2 nitrogen and oxygen atoms in total. The van der Waals surface area contributed by atoms with Crippen molar-refractivity contribution in [3.63, 3.8) is 0 Å². The van der Waals surface area contributed by atoms with Crippen LogP contribution in [0.1, 0.15) is 38.2 Å². The summed E-state index contributed by atoms with van der Waals surface area (Å²) in [6, 6.07) is 8.14. The van der Waals surface area contributed by atoms with E-state index in [1.807, 2.05) is 24.3 Å². The SMILES string of the molecule is CCCNC1CCCC1S(=O)Cc1ccccc1Cl. The summed E-state index contributed by atoms with van der Waals surface area (Å²) in [4.78, 5) is 0. The van der Waals surface area contributed by atoms with E-state index in [-0.39, 0.29) is 5.25 Å². The molecule has 1 aliphatic carbocycles. The Labute approximate surface area is 123 Å². The summed E-state index contributed by atoms with van der Waals surface area (Å²) in [5.74, 6) is 0.578. The van der Waals surface area contributed by atoms with Gasteiger partial charge in [0.15, 0.2) is 0 Å². The quantitative estimate of drug-likeness (QED) is 0.871. The van der Waals surface area contributed by atoms with Crippen molar-refractivity contribution in [2.45, 2.75) is 49.7 Å². The molecule has 1 N–H and O–H groups in total. The molecule has 1 fully saturated rings. The summed E-state index contributed by atoms with van der Waals surface area (Å²) < 4.78 is 12.6. The monoisotopic (exact) mass is 299 g/mol. The molecule has 4 heteroatoms. The molecule has 0 spiro atoms. The second-order valence-electron chi connectivity index (χ2n) is 5.15. The van der Waals surface area contributed by atoms with Crippen LogP contribution in [-0.4, -0.2) is 22.0 Å². The third-order valence-corrected chi connectivity index (χ3v) is 5.91. The van der Waals surface area contributed by atoms with Gasteiger partial charge in [0.2, 0.25) is 0 Å². The lowest BCUT2D eigenvalue weighted by Gasteiger charge is -2.20. The van der Waals surface area contributed by atoms with E-state index < -0.39 is 10.8 Å². The molecule has 0 aliphatic heterocycles. The maximum Gasteiger partial charge on any atom is 0.0504 e. The zero-order chi connectivity index (χ0) is 13.7. The molecule has 0 bridgehead atoms. The summed E-state index contributed by atoms with van der Waals surface area (Å²) in [6.45, 7) is 3.18. The first-order valence-corrected chi connectivity index (χ1v) is 8.82. The fourth-order valence-corrected chi connectivity index (χ4v) is 4.76. The molecule has 0 radical (unpaired) electrons. The van der Waals surface area contributed by atoms with Gasteiger partial charge in [0.1, 0.15) is 0 Å². The molecule has 0 saturated heterocycles. The molecule has 1 aliphatic rings. The number of hydrogen-bond donors (Lipinski definition) is 1. The maximum atomic E-state index is 12.6. The highest BCUT2D eigenvalue weighted by Crippen LogP contribution is 2.27. The van der Waals surface area contributed by atoms with Gasteiger partial charge in [0.05, 0.1) is 11.0 Å². The topological polar surface area (TPSA) is 29.1 Å². The lowest BCUT2D eigenvalue weighted by molar-refractivity contribution is 0.523. The molecule has 0 heterocycles. The van der Waals surface area contributed by atoms with Crippen LogP contribution in [0.2, 0.25) is 5.02 Å². The predicted octanol–water partition coefficient (Wildman–Crippen LogP) is 3.51. The van der Waals surface area contributed by atoms with Gasteiger partial charge in [-0.05, 0) is 37.4 Å². The van der Waals surface area contributed by atoms with Gasteiger partial charge in [-0.1, -0.05) is 43.1 Å². The Kier molecular flexibility index (Phi) is 5.86. The summed E-state index contributed by atoms with van der Waals surface area (Å²) in [5, 5.41) is 4.55. The lowest BCUT2D eigenvalue weighted by atomic mass is 10.2. The number of nitrogens with one attached hydrogen (secondary N) is 1. The Bertz CT molecular complexity index is 438. The van der Waals surface area contributed by atoms with E-state index in [4.69, 9.17) is 11.6 Å². The molecule has 19 heavy (non-hydrogen) atoms. The van der Waals surface area contributed by atoms with Crippen molar-refractivity contribution in [1.29, 1.82) is 0 Å². The second kappa shape index (κ2) is 7.41. The van der Waals surface area contributed by atoms with Crippen LogP contribution in [0.5, 0.6) is 0 Å². The Morgan fingerprint density at radius 2 is 2.16 bits per heavy atom. The van der Waals surface area contributed by atoms with Gasteiger partial charge in [0.25, 0.3) is 0 Å². The molecule has 1 saturated carbocycles. The van der Waals surface area contributed by atoms with E-state index in [1.165, 1.54) is 6.42 Å². The normalized spacial score (nSPS) is 24.5. The smallest absolute Gasteiger partial charge is 0.0504 e. The third-order valence-electron chi connectivity index (χ3n) is 3.70. The molecule has 0 amide bonds. The molecule has 0 aromatic heterocycles. The Hall–Kier alpha value is -0.380. The molecule has 1 aromatic rings. The van der Waals surface area contributed by atoms with Gasteiger partial charge in [-0.2, -0.15) is 0 Å². The highest BCUT2D eigenvalue weighted by Gasteiger charge is 2.31. The third kappa shape index (κ3) is 4.04. The average molecular weight is 300 g/mol. The summed E-state index contributed by atoms with van der Waals surface area (Å²) in [5.41, 5.74) is 1.00. The van der Waals surface area contributed by atoms with Crippen LogP contribution in [0, 0.1) is 0 Å². The van der Waals surface area contributed by atoms with Gasteiger partial charge < -0.3 is 5.32 Å². The van der Waals surface area contributed by atoms with Gasteiger partial charge in [-0.15, -0.1) is 0 Å². The van der Waals surface area contributed by atoms with Crippen LogP contribution in [0.25, 0.3) is 0 Å². The number of halogens is 1. The van der Waals surface area contributed by atoms with Crippen molar-refractivity contribution in [2.75, 3.05) is 6.54 Å². The second-order valence-corrected chi connectivity index (χ2v) is 7.21. The molecule has 2 rings (SSSR count). The van der Waals surface area contributed by atoms with Crippen molar-refractivity contribution >= 4 is 22.4 Å². The molecular formula is C15H22ClNOS. The molecule has 1 aromatic carbocycles. The largest absolute Gasteiger partial charge is 0.313 e. The highest BCUT2D eigenvalue weighted by molar-refractivity contribution is 7.84. The Morgan fingerprint density at radius 1 is 1.37 bits per heavy atom. The van der Waals surface area contributed by atoms with Crippen LogP contribution in [-0.2, 0) is 16.6 Å². The molecule has 106 valence electrons. The lowest BCUT2D eigenvalue weighted by Crippen LogP contribution is -2.38. The van der Waals surface area contributed by atoms with Gasteiger partial charge in [-0.25, -0.2) is 0 Å². The zero-order valence-electron chi connectivity index (χ0n) is 11.4. The highest BCUT2D eigenvalue weighted by atomic mass is 35.5. The van der Waals surface area contributed by atoms with Crippen LogP contribution in [0.4, 0.5) is 0 Å². The maximum absolute atomic E-state index is 12.6. The fraction of sp³-hybridized carbons (Fsp3) is 0.600. The van der Waals surface area contributed by atoms with E-state index in [1.54, 1.807) is 0 Å². The number of benzene rings is 1. The van der Waals surface area contributed by atoms with Crippen LogP contribution in [0.15, 0.2) is 24.3 Å². The van der Waals surface area contributed by atoms with E-state index >= 15 is 0 Å². The van der Waals surface area contributed by atoms with Crippen molar-refractivity contribution in [3.05, 3.63) is 34.9 Å². The minimum atomic E-state index is -0.837. The zero-order valence-corrected chi connectivity index (χ0v) is 13.0. The van der Waals surface area contributed by atoms with E-state index in [9.17, 15) is 4.21 Å². The summed E-state index contributed by atoms with van der Waals surface area (Å²) >= 11 is 6.14. The number of rotatable bonds is 6. The predicted molar refractivity (Wildman–Crippen MR) is 83.0 cm³/mol. The minimum absolute atomic E-state index is 0.280. The van der Waals surface area contributed by atoms with Crippen molar-refractivity contribution < 1.29 is 4.21 Å². The first-order chi connectivity index (χ1) is 9.22. The fourth-order valence-electron chi connectivity index (χ4n) is 2.68. The van der Waals surface area contributed by atoms with Crippen LogP contribution < -0.4 is 5.32 Å². The van der Waals surface area contributed by atoms with Crippen molar-refractivity contribution in [3.8, 4) is 0 Å². The number of hydrogen-bond acceptors (Lipinski definition) is 2. The Balaban J connectivity index is 1.97. The summed E-state index contributed by atoms with van der Waals surface area (Å²) in [6.07, 6.45) is 4.53. The van der Waals surface area contributed by atoms with Crippen molar-refractivity contribution in [1.82, 2.24) is 5.32 Å². The van der Waals surface area contributed by atoms with Gasteiger partial charge >= 0.3 is 0 Å². The first-order valence-electron chi connectivity index (χ1n) is 7.06.